The summed E-state index contributed by atoms with van der Waals surface area (Å²) in [5, 5.41) is 12.4. The predicted molar refractivity (Wildman–Crippen MR) is 117 cm³/mol. The van der Waals surface area contributed by atoms with Crippen molar-refractivity contribution in [2.45, 2.75) is 13.3 Å². The second-order valence-corrected chi connectivity index (χ2v) is 6.91. The van der Waals surface area contributed by atoms with Gasteiger partial charge in [0, 0.05) is 17.8 Å². The fourth-order valence-electron chi connectivity index (χ4n) is 3.60. The maximum atomic E-state index is 13.4. The largest absolute Gasteiger partial charge is 0.382 e. The first-order valence-electron chi connectivity index (χ1n) is 9.54. The molecule has 4 rings (SSSR count). The smallest absolute Gasteiger partial charge is 0.263 e. The Morgan fingerprint density at radius 3 is 2.70 bits per heavy atom. The number of nitrogens with zero attached hydrogens (tertiary/aromatic N) is 4. The summed E-state index contributed by atoms with van der Waals surface area (Å²) in [6.45, 7) is 2.40. The highest BCUT2D eigenvalue weighted by atomic mass is 16.1. The number of nitrogen functional groups attached to an aromatic ring is 1. The van der Waals surface area contributed by atoms with Crippen molar-refractivity contribution >= 4 is 17.2 Å². The summed E-state index contributed by atoms with van der Waals surface area (Å²) in [5.74, 6) is 0.527. The van der Waals surface area contributed by atoms with Gasteiger partial charge in [0.05, 0.1) is 5.56 Å². The second-order valence-electron chi connectivity index (χ2n) is 6.91. The lowest BCUT2D eigenvalue weighted by molar-refractivity contribution is 0.970. The molecule has 30 heavy (non-hydrogen) atoms. The van der Waals surface area contributed by atoms with Crippen LogP contribution in [0.5, 0.6) is 0 Å². The van der Waals surface area contributed by atoms with E-state index in [-0.39, 0.29) is 16.9 Å². The number of rotatable bonds is 5. The van der Waals surface area contributed by atoms with E-state index in [2.05, 4.69) is 15.3 Å². The van der Waals surface area contributed by atoms with Crippen molar-refractivity contribution in [1.82, 2.24) is 14.4 Å². The molecular formula is C23H20N6O. The monoisotopic (exact) mass is 396 g/mol. The molecule has 0 saturated carbocycles. The van der Waals surface area contributed by atoms with Gasteiger partial charge in [0.2, 0.25) is 0 Å². The van der Waals surface area contributed by atoms with Gasteiger partial charge in [-0.3, -0.25) is 9.20 Å². The van der Waals surface area contributed by atoms with Crippen LogP contribution in [-0.4, -0.2) is 20.9 Å². The normalized spacial score (nSPS) is 10.7. The molecule has 4 aromatic rings. The van der Waals surface area contributed by atoms with E-state index < -0.39 is 0 Å². The zero-order valence-corrected chi connectivity index (χ0v) is 16.5. The van der Waals surface area contributed by atoms with E-state index >= 15 is 0 Å². The number of aromatic nitrogens is 3. The SMILES string of the molecule is Cc1cccc2cc(CCNc3ncnc(N)c3C#N)c(-c3ccccc3)c(=O)n12. The zero-order chi connectivity index (χ0) is 21.1. The lowest BCUT2D eigenvalue weighted by Gasteiger charge is -2.14. The number of benzene rings is 1. The van der Waals surface area contributed by atoms with Gasteiger partial charge >= 0.3 is 0 Å². The van der Waals surface area contributed by atoms with Crippen LogP contribution in [0, 0.1) is 18.3 Å². The van der Waals surface area contributed by atoms with Crippen LogP contribution in [0.4, 0.5) is 11.6 Å². The highest BCUT2D eigenvalue weighted by Gasteiger charge is 2.15. The maximum absolute atomic E-state index is 13.4. The Morgan fingerprint density at radius 2 is 1.93 bits per heavy atom. The molecule has 0 bridgehead atoms. The van der Waals surface area contributed by atoms with E-state index in [0.717, 1.165) is 22.3 Å². The van der Waals surface area contributed by atoms with Crippen molar-refractivity contribution in [3.05, 3.63) is 88.1 Å². The van der Waals surface area contributed by atoms with Crippen molar-refractivity contribution in [2.24, 2.45) is 0 Å². The molecule has 1 aromatic carbocycles. The number of hydrogen-bond donors (Lipinski definition) is 2. The first-order valence-corrected chi connectivity index (χ1v) is 9.54. The van der Waals surface area contributed by atoms with Crippen LogP contribution in [0.1, 0.15) is 16.8 Å². The third-order valence-electron chi connectivity index (χ3n) is 5.01. The summed E-state index contributed by atoms with van der Waals surface area (Å²) in [4.78, 5) is 21.4. The summed E-state index contributed by atoms with van der Waals surface area (Å²) < 4.78 is 1.73. The van der Waals surface area contributed by atoms with Gasteiger partial charge in [0.25, 0.3) is 5.56 Å². The van der Waals surface area contributed by atoms with Crippen LogP contribution in [0.3, 0.4) is 0 Å². The van der Waals surface area contributed by atoms with Gasteiger partial charge in [-0.05, 0) is 42.7 Å². The number of pyridine rings is 2. The number of nitrogens with two attached hydrogens (primary N) is 1. The summed E-state index contributed by atoms with van der Waals surface area (Å²) in [7, 11) is 0. The molecule has 0 aliphatic rings. The summed E-state index contributed by atoms with van der Waals surface area (Å²) >= 11 is 0. The average molecular weight is 396 g/mol. The van der Waals surface area contributed by atoms with Gasteiger partial charge in [0.1, 0.15) is 29.6 Å². The van der Waals surface area contributed by atoms with Gasteiger partial charge in [-0.1, -0.05) is 36.4 Å². The van der Waals surface area contributed by atoms with E-state index in [0.29, 0.717) is 24.3 Å². The molecule has 7 nitrogen and oxygen atoms in total. The Hall–Kier alpha value is -4.18. The van der Waals surface area contributed by atoms with Gasteiger partial charge in [-0.15, -0.1) is 0 Å². The summed E-state index contributed by atoms with van der Waals surface area (Å²) in [6.07, 6.45) is 1.89. The average Bonchev–Trinajstić information content (AvgIpc) is 2.74. The van der Waals surface area contributed by atoms with E-state index in [4.69, 9.17) is 5.73 Å². The van der Waals surface area contributed by atoms with E-state index in [1.54, 1.807) is 4.40 Å². The van der Waals surface area contributed by atoms with E-state index in [1.807, 2.05) is 67.6 Å². The molecule has 0 spiro atoms. The highest BCUT2D eigenvalue weighted by molar-refractivity contribution is 5.70. The lowest BCUT2D eigenvalue weighted by Crippen LogP contribution is -2.21. The number of nitrogens with one attached hydrogen (secondary N) is 1. The van der Waals surface area contributed by atoms with Crippen LogP contribution in [-0.2, 0) is 6.42 Å². The van der Waals surface area contributed by atoms with E-state index in [9.17, 15) is 10.1 Å². The number of fused-ring (bicyclic) bond motifs is 1. The molecule has 0 amide bonds. The molecule has 7 heteroatoms. The van der Waals surface area contributed by atoms with Crippen LogP contribution >= 0.6 is 0 Å². The second kappa shape index (κ2) is 8.05. The van der Waals surface area contributed by atoms with Crippen molar-refractivity contribution in [3.8, 4) is 17.2 Å². The number of nitriles is 1. The quantitative estimate of drug-likeness (QED) is 0.536. The standard InChI is InChI=1S/C23H20N6O/c1-15-6-5-9-18-12-17(10-11-26-22-19(13-24)21(25)27-14-28-22)20(23(30)29(15)18)16-7-3-2-4-8-16/h2-9,12,14H,10-11H2,1H3,(H3,25,26,27,28). The topological polar surface area (TPSA) is 109 Å². The molecule has 0 aliphatic carbocycles. The summed E-state index contributed by atoms with van der Waals surface area (Å²) in [5.41, 5.74) is 10.1. The Balaban J connectivity index is 1.75. The minimum Gasteiger partial charge on any atom is -0.382 e. The van der Waals surface area contributed by atoms with Crippen LogP contribution in [0.25, 0.3) is 16.6 Å². The van der Waals surface area contributed by atoms with Gasteiger partial charge in [0.15, 0.2) is 0 Å². The molecule has 0 unspecified atom stereocenters. The Morgan fingerprint density at radius 1 is 1.13 bits per heavy atom. The van der Waals surface area contributed by atoms with Gasteiger partial charge in [-0.25, -0.2) is 9.97 Å². The van der Waals surface area contributed by atoms with Crippen LogP contribution < -0.4 is 16.6 Å². The molecule has 148 valence electrons. The van der Waals surface area contributed by atoms with Gasteiger partial charge < -0.3 is 11.1 Å². The lowest BCUT2D eigenvalue weighted by atomic mass is 9.98. The minimum atomic E-state index is -0.0456. The van der Waals surface area contributed by atoms with Crippen LogP contribution in [0.15, 0.2) is 65.7 Å². The third-order valence-corrected chi connectivity index (χ3v) is 5.01. The minimum absolute atomic E-state index is 0.0456. The van der Waals surface area contributed by atoms with Crippen molar-refractivity contribution in [1.29, 1.82) is 5.26 Å². The first-order chi connectivity index (χ1) is 14.6. The van der Waals surface area contributed by atoms with Crippen molar-refractivity contribution in [2.75, 3.05) is 17.6 Å². The first kappa shape index (κ1) is 19.2. The fourth-order valence-corrected chi connectivity index (χ4v) is 3.60. The Labute approximate surface area is 173 Å². The molecule has 3 heterocycles. The molecule has 3 aromatic heterocycles. The molecule has 0 radical (unpaired) electrons. The van der Waals surface area contributed by atoms with E-state index in [1.165, 1.54) is 6.33 Å². The molecule has 3 N–H and O–H groups in total. The predicted octanol–water partition coefficient (Wildman–Crippen LogP) is 3.17. The molecule has 0 aliphatic heterocycles. The van der Waals surface area contributed by atoms with Crippen molar-refractivity contribution < 1.29 is 0 Å². The van der Waals surface area contributed by atoms with Gasteiger partial charge in [-0.2, -0.15) is 5.26 Å². The van der Waals surface area contributed by atoms with Crippen LogP contribution in [0.2, 0.25) is 0 Å². The maximum Gasteiger partial charge on any atom is 0.263 e. The molecule has 0 saturated heterocycles. The fraction of sp³-hybridized carbons (Fsp3) is 0.130. The number of anilines is 2. The Bertz CT molecular complexity index is 1320. The zero-order valence-electron chi connectivity index (χ0n) is 16.5. The number of aryl methyl sites for hydroxylation is 1. The third kappa shape index (κ3) is 3.47. The molecule has 0 atom stereocenters. The molecular weight excluding hydrogens is 376 g/mol. The summed E-state index contributed by atoms with van der Waals surface area (Å²) in [6, 6.07) is 19.5. The Kier molecular flexibility index (Phi) is 5.14. The highest BCUT2D eigenvalue weighted by Crippen LogP contribution is 2.23. The van der Waals surface area contributed by atoms with Crippen molar-refractivity contribution in [3.63, 3.8) is 0 Å². The number of hydrogen-bond acceptors (Lipinski definition) is 6. The molecule has 0 fully saturated rings.